The molecule has 0 fully saturated rings. The number of aromatic nitrogens is 1. The van der Waals surface area contributed by atoms with Gasteiger partial charge in [0.05, 0.1) is 12.1 Å². The van der Waals surface area contributed by atoms with E-state index in [4.69, 9.17) is 10.5 Å². The van der Waals surface area contributed by atoms with E-state index in [9.17, 15) is 14.0 Å². The predicted octanol–water partition coefficient (Wildman–Crippen LogP) is 4.00. The lowest BCUT2D eigenvalue weighted by atomic mass is 10.0. The minimum absolute atomic E-state index is 0.0614. The van der Waals surface area contributed by atoms with Crippen molar-refractivity contribution in [2.24, 2.45) is 5.73 Å². The van der Waals surface area contributed by atoms with E-state index in [1.165, 1.54) is 10.5 Å². The van der Waals surface area contributed by atoms with Crippen molar-refractivity contribution < 1.29 is 13.9 Å². The van der Waals surface area contributed by atoms with Crippen LogP contribution in [0.15, 0.2) is 47.4 Å². The highest BCUT2D eigenvalue weighted by Gasteiger charge is 2.17. The van der Waals surface area contributed by atoms with Gasteiger partial charge in [-0.3, -0.25) is 9.20 Å². The smallest absolute Gasteiger partial charge is 0.343 e. The molecule has 0 aliphatic rings. The average molecular weight is 398 g/mol. The van der Waals surface area contributed by atoms with E-state index in [-0.39, 0.29) is 24.5 Å². The lowest BCUT2D eigenvalue weighted by Crippen LogP contribution is -2.25. The van der Waals surface area contributed by atoms with Gasteiger partial charge in [-0.1, -0.05) is 38.1 Å². The van der Waals surface area contributed by atoms with Crippen LogP contribution in [0.3, 0.4) is 0 Å². The average Bonchev–Trinajstić information content (AvgIpc) is 2.73. The third-order valence-corrected chi connectivity index (χ3v) is 4.49. The predicted molar refractivity (Wildman–Crippen MR) is 113 cm³/mol. The third-order valence-electron chi connectivity index (χ3n) is 4.49. The van der Waals surface area contributed by atoms with Crippen molar-refractivity contribution >= 4 is 11.5 Å². The molecule has 1 aromatic carbocycles. The molecular weight excluding hydrogens is 371 g/mol. The van der Waals surface area contributed by atoms with Crippen LogP contribution in [0.2, 0.25) is 0 Å². The molecule has 5 nitrogen and oxygen atoms in total. The molecule has 0 aliphatic heterocycles. The van der Waals surface area contributed by atoms with Crippen molar-refractivity contribution in [3.63, 3.8) is 0 Å². The number of nitrogens with zero attached hydrogens (tertiary/aromatic N) is 1. The lowest BCUT2D eigenvalue weighted by Gasteiger charge is -2.12. The number of aryl methyl sites for hydroxylation is 1. The number of benzene rings is 1. The first-order valence-corrected chi connectivity index (χ1v) is 9.74. The van der Waals surface area contributed by atoms with Crippen LogP contribution in [0.1, 0.15) is 53.4 Å². The molecule has 0 saturated carbocycles. The first kappa shape index (κ1) is 22.3. The number of carbonyl (C=O) groups excluding carboxylic acids is 1. The summed E-state index contributed by atoms with van der Waals surface area (Å²) < 4.78 is 20.7. The molecule has 3 rings (SSSR count). The fourth-order valence-electron chi connectivity index (χ4n) is 3.10. The Morgan fingerprint density at radius 1 is 1.17 bits per heavy atom. The molecule has 0 amide bonds. The molecule has 154 valence electrons. The van der Waals surface area contributed by atoms with Crippen LogP contribution < -0.4 is 11.3 Å². The van der Waals surface area contributed by atoms with Crippen molar-refractivity contribution in [3.05, 3.63) is 86.6 Å². The second kappa shape index (κ2) is 9.98. The van der Waals surface area contributed by atoms with Gasteiger partial charge in [0, 0.05) is 19.2 Å². The topological polar surface area (TPSA) is 73.8 Å². The van der Waals surface area contributed by atoms with Crippen LogP contribution in [-0.4, -0.2) is 17.0 Å². The maximum Gasteiger partial charge on any atom is 0.343 e. The molecule has 3 aromatic rings. The number of esters is 1. The number of hydrogen-bond donors (Lipinski definition) is 1. The first-order chi connectivity index (χ1) is 14.0. The van der Waals surface area contributed by atoms with E-state index in [0.717, 1.165) is 5.56 Å². The number of rotatable bonds is 5. The largest absolute Gasteiger partial charge is 0.462 e. The molecule has 0 saturated heterocycles. The van der Waals surface area contributed by atoms with Gasteiger partial charge in [-0.2, -0.15) is 0 Å². The maximum absolute atomic E-state index is 14.3. The Kier molecular flexibility index (Phi) is 7.67. The van der Waals surface area contributed by atoms with Crippen molar-refractivity contribution in [3.8, 4) is 0 Å². The van der Waals surface area contributed by atoms with E-state index in [2.05, 4.69) is 0 Å². The summed E-state index contributed by atoms with van der Waals surface area (Å²) >= 11 is 0. The molecule has 6 heteroatoms. The highest BCUT2D eigenvalue weighted by molar-refractivity contribution is 5.90. The molecule has 2 N–H and O–H groups in total. The van der Waals surface area contributed by atoms with Gasteiger partial charge >= 0.3 is 5.97 Å². The van der Waals surface area contributed by atoms with Crippen molar-refractivity contribution in [1.82, 2.24) is 4.40 Å². The molecule has 0 aliphatic carbocycles. The molecule has 2 heterocycles. The summed E-state index contributed by atoms with van der Waals surface area (Å²) in [6.07, 6.45) is 1.96. The molecule has 29 heavy (non-hydrogen) atoms. The molecule has 2 aromatic heterocycles. The Morgan fingerprint density at radius 3 is 2.55 bits per heavy atom. The van der Waals surface area contributed by atoms with Crippen molar-refractivity contribution in [1.29, 1.82) is 0 Å². The Labute approximate surface area is 169 Å². The molecule has 0 atom stereocenters. The number of nitrogens with two attached hydrogens (primary N) is 1. The van der Waals surface area contributed by atoms with Crippen LogP contribution in [-0.2, 0) is 17.7 Å². The quantitative estimate of drug-likeness (QED) is 0.659. The fraction of sp³-hybridized carbons (Fsp3) is 0.304. The zero-order chi connectivity index (χ0) is 21.6. The Bertz CT molecular complexity index is 1070. The third kappa shape index (κ3) is 4.71. The number of hydrogen-bond acceptors (Lipinski definition) is 4. The summed E-state index contributed by atoms with van der Waals surface area (Å²) in [6.45, 7) is 7.73. The number of pyridine rings is 2. The summed E-state index contributed by atoms with van der Waals surface area (Å²) in [6, 6.07) is 10.3. The Morgan fingerprint density at radius 2 is 1.90 bits per heavy atom. The van der Waals surface area contributed by atoms with Gasteiger partial charge in [0.25, 0.3) is 5.56 Å². The normalized spacial score (nSPS) is 10.4. The highest BCUT2D eigenvalue weighted by Crippen LogP contribution is 2.18. The second-order valence-corrected chi connectivity index (χ2v) is 6.33. The summed E-state index contributed by atoms with van der Waals surface area (Å²) in [5.41, 5.74) is 8.38. The standard InChI is InChI=1S/C21H21FN2O3.C2H6/c1-3-27-21(26)17-10-16(11-23)18-8-7-14(12-24(18)20(17)25)9-15-6-4-5-13(2)19(15)22;1-2/h4-8,10,12H,3,9,11,23H2,1-2H3;1-2H3. The summed E-state index contributed by atoms with van der Waals surface area (Å²) in [4.78, 5) is 24.9. The van der Waals surface area contributed by atoms with Gasteiger partial charge in [-0.25, -0.2) is 9.18 Å². The van der Waals surface area contributed by atoms with Crippen LogP contribution in [0.25, 0.3) is 5.52 Å². The maximum atomic E-state index is 14.3. The SMILES string of the molecule is CC.CCOC(=O)c1cc(CN)c2ccc(Cc3cccc(C)c3F)cn2c1=O. The number of carbonyl (C=O) groups is 1. The molecular formula is C23H27FN2O3. The number of ether oxygens (including phenoxy) is 1. The second-order valence-electron chi connectivity index (χ2n) is 6.33. The van der Waals surface area contributed by atoms with Gasteiger partial charge in [-0.15, -0.1) is 0 Å². The van der Waals surface area contributed by atoms with Gasteiger partial charge in [0.1, 0.15) is 11.4 Å². The van der Waals surface area contributed by atoms with Crippen LogP contribution >= 0.6 is 0 Å². The van der Waals surface area contributed by atoms with Crippen LogP contribution in [0.5, 0.6) is 0 Å². The van der Waals surface area contributed by atoms with Gasteiger partial charge < -0.3 is 10.5 Å². The minimum Gasteiger partial charge on any atom is -0.462 e. The molecule has 0 unspecified atom stereocenters. The molecule has 0 bridgehead atoms. The molecule has 0 radical (unpaired) electrons. The van der Waals surface area contributed by atoms with Gasteiger partial charge in [-0.05, 0) is 48.2 Å². The zero-order valence-electron chi connectivity index (χ0n) is 17.3. The van der Waals surface area contributed by atoms with Gasteiger partial charge in [0.15, 0.2) is 0 Å². The monoisotopic (exact) mass is 398 g/mol. The zero-order valence-corrected chi connectivity index (χ0v) is 17.3. The van der Waals surface area contributed by atoms with E-state index in [0.29, 0.717) is 28.6 Å². The highest BCUT2D eigenvalue weighted by atomic mass is 19.1. The molecule has 0 spiro atoms. The number of fused-ring (bicyclic) bond motifs is 1. The van der Waals surface area contributed by atoms with E-state index < -0.39 is 11.5 Å². The van der Waals surface area contributed by atoms with Crippen LogP contribution in [0, 0.1) is 12.7 Å². The van der Waals surface area contributed by atoms with E-state index >= 15 is 0 Å². The van der Waals surface area contributed by atoms with E-state index in [1.807, 2.05) is 19.9 Å². The summed E-state index contributed by atoms with van der Waals surface area (Å²) in [5.74, 6) is -0.936. The summed E-state index contributed by atoms with van der Waals surface area (Å²) in [7, 11) is 0. The fourth-order valence-corrected chi connectivity index (χ4v) is 3.10. The Hall–Kier alpha value is -2.99. The van der Waals surface area contributed by atoms with Crippen LogP contribution in [0.4, 0.5) is 4.39 Å². The Balaban J connectivity index is 0.00000145. The van der Waals surface area contributed by atoms with E-state index in [1.54, 1.807) is 44.3 Å². The lowest BCUT2D eigenvalue weighted by molar-refractivity contribution is 0.0524. The van der Waals surface area contributed by atoms with Gasteiger partial charge in [0.2, 0.25) is 0 Å². The van der Waals surface area contributed by atoms with Crippen molar-refractivity contribution in [2.45, 2.75) is 40.7 Å². The number of halogens is 1. The van der Waals surface area contributed by atoms with Crippen molar-refractivity contribution in [2.75, 3.05) is 6.61 Å². The minimum atomic E-state index is -0.679. The first-order valence-electron chi connectivity index (χ1n) is 9.74. The summed E-state index contributed by atoms with van der Waals surface area (Å²) in [5, 5.41) is 0.